The summed E-state index contributed by atoms with van der Waals surface area (Å²) in [5.41, 5.74) is 1.06. The number of piperazine rings is 1. The fourth-order valence-corrected chi connectivity index (χ4v) is 3.77. The van der Waals surface area contributed by atoms with Gasteiger partial charge in [0.1, 0.15) is 0 Å². The molecule has 1 atom stereocenters. The molecule has 150 valence electrons. The minimum atomic E-state index is 0.130. The van der Waals surface area contributed by atoms with E-state index >= 15 is 0 Å². The third-order valence-corrected chi connectivity index (χ3v) is 5.96. The molecule has 3 heterocycles. The number of anilines is 2. The largest absolute Gasteiger partial charge is 0.369 e. The van der Waals surface area contributed by atoms with E-state index in [1.165, 1.54) is 0 Å². The van der Waals surface area contributed by atoms with Crippen LogP contribution in [0.3, 0.4) is 0 Å². The van der Waals surface area contributed by atoms with Gasteiger partial charge in [-0.25, -0.2) is 9.97 Å². The zero-order chi connectivity index (χ0) is 19.2. The van der Waals surface area contributed by atoms with Crippen molar-refractivity contribution in [2.75, 3.05) is 55.6 Å². The maximum Gasteiger partial charge on any atom is 0.225 e. The Bertz CT molecular complexity index is 591. The number of carbonyl (C=O) groups excluding carboxylic acids is 1. The molecule has 2 saturated heterocycles. The Morgan fingerprint density at radius 2 is 1.70 bits per heavy atom. The molecule has 2 fully saturated rings. The SMILES string of the molecule is CC[C@H](C)NC(=O)C1CCN(c2cnc(N3CCN(CC)CC3)nc2)CC1. The van der Waals surface area contributed by atoms with Crippen molar-refractivity contribution in [2.24, 2.45) is 5.92 Å². The molecule has 1 N–H and O–H groups in total. The molecule has 1 aromatic rings. The number of piperidine rings is 1. The number of hydrogen-bond acceptors (Lipinski definition) is 6. The van der Waals surface area contributed by atoms with E-state index in [0.29, 0.717) is 0 Å². The van der Waals surface area contributed by atoms with Crippen LogP contribution < -0.4 is 15.1 Å². The highest BCUT2D eigenvalue weighted by Gasteiger charge is 2.26. The molecule has 7 heteroatoms. The fourth-order valence-electron chi connectivity index (χ4n) is 3.77. The van der Waals surface area contributed by atoms with Gasteiger partial charge in [-0.2, -0.15) is 0 Å². The van der Waals surface area contributed by atoms with Gasteiger partial charge < -0.3 is 20.0 Å². The summed E-state index contributed by atoms with van der Waals surface area (Å²) in [5.74, 6) is 1.17. The molecule has 27 heavy (non-hydrogen) atoms. The van der Waals surface area contributed by atoms with Gasteiger partial charge in [0.15, 0.2) is 0 Å². The lowest BCUT2D eigenvalue weighted by Crippen LogP contribution is -2.46. The van der Waals surface area contributed by atoms with Crippen molar-refractivity contribution in [1.29, 1.82) is 0 Å². The Morgan fingerprint density at radius 1 is 1.07 bits per heavy atom. The second-order valence-corrected chi connectivity index (χ2v) is 7.74. The third kappa shape index (κ3) is 5.09. The molecular formula is C20H34N6O. The van der Waals surface area contributed by atoms with E-state index < -0.39 is 0 Å². The average molecular weight is 375 g/mol. The lowest BCUT2D eigenvalue weighted by Gasteiger charge is -2.35. The highest BCUT2D eigenvalue weighted by atomic mass is 16.1. The summed E-state index contributed by atoms with van der Waals surface area (Å²) in [7, 11) is 0. The molecule has 2 aliphatic heterocycles. The van der Waals surface area contributed by atoms with Crippen LogP contribution in [0.4, 0.5) is 11.6 Å². The normalized spacial score (nSPS) is 20.6. The highest BCUT2D eigenvalue weighted by Crippen LogP contribution is 2.23. The Morgan fingerprint density at radius 3 is 2.26 bits per heavy atom. The Hall–Kier alpha value is -1.89. The number of aromatic nitrogens is 2. The van der Waals surface area contributed by atoms with E-state index in [2.05, 4.69) is 50.8 Å². The second kappa shape index (κ2) is 9.35. The van der Waals surface area contributed by atoms with E-state index in [4.69, 9.17) is 0 Å². The van der Waals surface area contributed by atoms with Crippen LogP contribution in [-0.4, -0.2) is 72.6 Å². The van der Waals surface area contributed by atoms with Crippen molar-refractivity contribution in [3.8, 4) is 0 Å². The minimum absolute atomic E-state index is 0.130. The van der Waals surface area contributed by atoms with Crippen molar-refractivity contribution in [1.82, 2.24) is 20.2 Å². The first kappa shape index (κ1) is 19.9. The van der Waals surface area contributed by atoms with Gasteiger partial charge >= 0.3 is 0 Å². The first-order valence-corrected chi connectivity index (χ1v) is 10.4. The zero-order valence-electron chi connectivity index (χ0n) is 17.0. The van der Waals surface area contributed by atoms with Gasteiger partial charge in [-0.1, -0.05) is 13.8 Å². The molecule has 1 amide bonds. The molecular weight excluding hydrogens is 340 g/mol. The van der Waals surface area contributed by atoms with Crippen LogP contribution in [0.1, 0.15) is 40.0 Å². The number of carbonyl (C=O) groups is 1. The summed E-state index contributed by atoms with van der Waals surface area (Å²) < 4.78 is 0. The van der Waals surface area contributed by atoms with Crippen LogP contribution in [0.5, 0.6) is 0 Å². The number of nitrogens with one attached hydrogen (secondary N) is 1. The molecule has 1 aromatic heterocycles. The number of hydrogen-bond donors (Lipinski definition) is 1. The first-order valence-electron chi connectivity index (χ1n) is 10.4. The molecule has 0 aromatic carbocycles. The zero-order valence-corrected chi connectivity index (χ0v) is 17.0. The first-order chi connectivity index (χ1) is 13.1. The van der Waals surface area contributed by atoms with Crippen molar-refractivity contribution in [3.05, 3.63) is 12.4 Å². The summed E-state index contributed by atoms with van der Waals surface area (Å²) in [4.78, 5) is 28.5. The smallest absolute Gasteiger partial charge is 0.225 e. The predicted octanol–water partition coefficient (Wildman–Crippen LogP) is 1.75. The number of amides is 1. The van der Waals surface area contributed by atoms with Crippen molar-refractivity contribution in [3.63, 3.8) is 0 Å². The lowest BCUT2D eigenvalue weighted by atomic mass is 9.95. The van der Waals surface area contributed by atoms with E-state index in [-0.39, 0.29) is 17.9 Å². The number of likely N-dealkylation sites (N-methyl/N-ethyl adjacent to an activating group) is 1. The maximum atomic E-state index is 12.3. The molecule has 7 nitrogen and oxygen atoms in total. The molecule has 0 radical (unpaired) electrons. The van der Waals surface area contributed by atoms with Gasteiger partial charge in [0.25, 0.3) is 0 Å². The van der Waals surface area contributed by atoms with E-state index in [1.54, 1.807) is 0 Å². The summed E-state index contributed by atoms with van der Waals surface area (Å²) in [6.07, 6.45) is 6.63. The van der Waals surface area contributed by atoms with Crippen molar-refractivity contribution < 1.29 is 4.79 Å². The van der Waals surface area contributed by atoms with Gasteiger partial charge in [-0.15, -0.1) is 0 Å². The van der Waals surface area contributed by atoms with Crippen LogP contribution in [0.2, 0.25) is 0 Å². The monoisotopic (exact) mass is 374 g/mol. The van der Waals surface area contributed by atoms with Gasteiger partial charge in [-0.05, 0) is 32.7 Å². The summed E-state index contributed by atoms with van der Waals surface area (Å²) in [6.45, 7) is 13.4. The summed E-state index contributed by atoms with van der Waals surface area (Å²) >= 11 is 0. The fraction of sp³-hybridized carbons (Fsp3) is 0.750. The van der Waals surface area contributed by atoms with Crippen LogP contribution in [0.25, 0.3) is 0 Å². The Balaban J connectivity index is 1.49. The topological polar surface area (TPSA) is 64.6 Å². The van der Waals surface area contributed by atoms with Gasteiger partial charge in [0.2, 0.25) is 11.9 Å². The second-order valence-electron chi connectivity index (χ2n) is 7.74. The van der Waals surface area contributed by atoms with Crippen LogP contribution in [0.15, 0.2) is 12.4 Å². The van der Waals surface area contributed by atoms with Crippen molar-refractivity contribution >= 4 is 17.5 Å². The minimum Gasteiger partial charge on any atom is -0.369 e. The van der Waals surface area contributed by atoms with E-state index in [9.17, 15) is 4.79 Å². The highest BCUT2D eigenvalue weighted by molar-refractivity contribution is 5.79. The van der Waals surface area contributed by atoms with Crippen LogP contribution in [-0.2, 0) is 4.79 Å². The number of nitrogens with zero attached hydrogens (tertiary/aromatic N) is 5. The molecule has 0 aliphatic carbocycles. The Kier molecular flexibility index (Phi) is 6.88. The molecule has 0 saturated carbocycles. The van der Waals surface area contributed by atoms with E-state index in [0.717, 1.165) is 76.7 Å². The summed E-state index contributed by atoms with van der Waals surface area (Å²) in [5, 5.41) is 3.11. The lowest BCUT2D eigenvalue weighted by molar-refractivity contribution is -0.126. The molecule has 3 rings (SSSR count). The molecule has 0 spiro atoms. The average Bonchev–Trinajstić information content (AvgIpc) is 2.74. The number of rotatable bonds is 6. The summed E-state index contributed by atoms with van der Waals surface area (Å²) in [6, 6.07) is 0.260. The molecule has 2 aliphatic rings. The Labute approximate surface area is 163 Å². The quantitative estimate of drug-likeness (QED) is 0.818. The van der Waals surface area contributed by atoms with Crippen LogP contribution in [0, 0.1) is 5.92 Å². The predicted molar refractivity (Wildman–Crippen MR) is 109 cm³/mol. The molecule has 0 bridgehead atoms. The van der Waals surface area contributed by atoms with Gasteiger partial charge in [-0.3, -0.25) is 4.79 Å². The standard InChI is InChI=1S/C20H34N6O/c1-4-16(3)23-19(27)17-6-8-25(9-7-17)18-14-21-20(22-15-18)26-12-10-24(5-2)11-13-26/h14-17H,4-13H2,1-3H3,(H,23,27)/t16-/m0/s1. The van der Waals surface area contributed by atoms with Crippen molar-refractivity contribution in [2.45, 2.75) is 46.1 Å². The van der Waals surface area contributed by atoms with Gasteiger partial charge in [0.05, 0.1) is 18.1 Å². The van der Waals surface area contributed by atoms with Crippen LogP contribution >= 0.6 is 0 Å². The molecule has 0 unspecified atom stereocenters. The van der Waals surface area contributed by atoms with Gasteiger partial charge in [0, 0.05) is 51.2 Å². The third-order valence-electron chi connectivity index (χ3n) is 5.96. The van der Waals surface area contributed by atoms with E-state index in [1.807, 2.05) is 12.4 Å². The maximum absolute atomic E-state index is 12.3.